The average molecular weight is 531 g/mol. The summed E-state index contributed by atoms with van der Waals surface area (Å²) in [5, 5.41) is 9.35. The molecule has 1 atom stereocenters. The lowest BCUT2D eigenvalue weighted by atomic mass is 9.97. The van der Waals surface area contributed by atoms with E-state index in [2.05, 4.69) is 52.3 Å². The van der Waals surface area contributed by atoms with Gasteiger partial charge in [0.2, 0.25) is 5.96 Å². The first-order chi connectivity index (χ1) is 18.4. The van der Waals surface area contributed by atoms with Gasteiger partial charge in [0, 0.05) is 57.2 Å². The van der Waals surface area contributed by atoms with E-state index in [1.54, 1.807) is 7.11 Å². The summed E-state index contributed by atoms with van der Waals surface area (Å²) in [6.07, 6.45) is 4.12. The fourth-order valence-corrected chi connectivity index (χ4v) is 5.82. The minimum Gasteiger partial charge on any atom is -0.342 e. The number of piperidine rings is 1. The van der Waals surface area contributed by atoms with Crippen LogP contribution in [0.4, 0.5) is 5.82 Å². The number of hydrogen-bond donors (Lipinski definition) is 0. The van der Waals surface area contributed by atoms with Crippen LogP contribution < -0.4 is 4.67 Å². The minimum atomic E-state index is -0.750. The highest BCUT2D eigenvalue weighted by atomic mass is 31.2. The zero-order valence-corrected chi connectivity index (χ0v) is 23.7. The van der Waals surface area contributed by atoms with Crippen LogP contribution in [0, 0.1) is 11.3 Å². The van der Waals surface area contributed by atoms with Crippen molar-refractivity contribution >= 4 is 37.2 Å². The van der Waals surface area contributed by atoms with E-state index in [1.807, 2.05) is 43.6 Å². The molecule has 1 aromatic carbocycles. The van der Waals surface area contributed by atoms with E-state index in [9.17, 15) is 5.26 Å². The first kappa shape index (κ1) is 26.3. The molecule has 0 bridgehead atoms. The number of likely N-dealkylation sites (tertiary alicyclic amines) is 1. The van der Waals surface area contributed by atoms with Crippen LogP contribution in [0.3, 0.4) is 0 Å². The van der Waals surface area contributed by atoms with Crippen molar-refractivity contribution in [1.29, 1.82) is 5.26 Å². The maximum atomic E-state index is 9.35. The van der Waals surface area contributed by atoms with Crippen LogP contribution in [-0.2, 0) is 4.52 Å². The standard InChI is InChI=1S/C28H35N8OP/c1-33(2)23-12-15-35(16-13-23)28-32-26(21-8-6-20(18-29)7-9-21)25(27-30-14-17-36(27)28)22-10-11-24(31-19-22)34(3)38(5)37-4/h6-11,19,23H,12-17H2,1-5H3. The Labute approximate surface area is 226 Å². The molecule has 0 N–H and O–H groups in total. The van der Waals surface area contributed by atoms with E-state index in [4.69, 9.17) is 19.5 Å². The number of amidine groups is 1. The lowest BCUT2D eigenvalue weighted by Crippen LogP contribution is -2.52. The fourth-order valence-electron chi connectivity index (χ4n) is 5.17. The molecule has 0 radical (unpaired) electrons. The molecule has 2 aromatic rings. The predicted molar refractivity (Wildman–Crippen MR) is 155 cm³/mol. The van der Waals surface area contributed by atoms with Crippen LogP contribution in [0.15, 0.2) is 52.6 Å². The summed E-state index contributed by atoms with van der Waals surface area (Å²) in [7, 11) is 7.29. The fraction of sp³-hybridized carbons (Fsp3) is 0.429. The van der Waals surface area contributed by atoms with Gasteiger partial charge in [-0.2, -0.15) is 5.26 Å². The summed E-state index contributed by atoms with van der Waals surface area (Å²) in [5.41, 5.74) is 4.41. The number of pyridine rings is 1. The summed E-state index contributed by atoms with van der Waals surface area (Å²) >= 11 is 0. The molecule has 0 saturated carbocycles. The first-order valence-corrected chi connectivity index (χ1v) is 14.6. The monoisotopic (exact) mass is 530 g/mol. The molecule has 198 valence electrons. The first-order valence-electron chi connectivity index (χ1n) is 13.0. The van der Waals surface area contributed by atoms with Crippen LogP contribution in [0.2, 0.25) is 0 Å². The van der Waals surface area contributed by atoms with Gasteiger partial charge in [0.1, 0.15) is 20.0 Å². The van der Waals surface area contributed by atoms with E-state index >= 15 is 0 Å². The zero-order chi connectivity index (χ0) is 26.8. The number of nitrogens with zero attached hydrogens (tertiary/aromatic N) is 8. The number of rotatable bonds is 6. The maximum absolute atomic E-state index is 9.35. The van der Waals surface area contributed by atoms with Crippen molar-refractivity contribution in [3.63, 3.8) is 0 Å². The van der Waals surface area contributed by atoms with Gasteiger partial charge in [0.15, 0.2) is 0 Å². The molecule has 1 fully saturated rings. The Hall–Kier alpha value is -3.31. The van der Waals surface area contributed by atoms with Gasteiger partial charge in [-0.05, 0) is 57.9 Å². The molecule has 1 aromatic heterocycles. The smallest absolute Gasteiger partial charge is 0.207 e. The third kappa shape index (κ3) is 5.04. The lowest BCUT2D eigenvalue weighted by molar-refractivity contribution is 0.185. The van der Waals surface area contributed by atoms with Gasteiger partial charge in [-0.1, -0.05) is 12.1 Å². The molecule has 4 heterocycles. The molecule has 10 heteroatoms. The molecule has 0 aliphatic carbocycles. The van der Waals surface area contributed by atoms with Crippen molar-refractivity contribution in [3.8, 4) is 6.07 Å². The SMILES string of the molecule is COP(C)N(C)c1ccc(C2=C(c3ccc(C#N)cc3)N=C(N3CCC(N(C)C)CC3)N3CCN=C23)cn1. The highest BCUT2D eigenvalue weighted by Crippen LogP contribution is 2.39. The Balaban J connectivity index is 1.59. The van der Waals surface area contributed by atoms with E-state index in [0.717, 1.165) is 79.0 Å². The lowest BCUT2D eigenvalue weighted by Gasteiger charge is -2.41. The van der Waals surface area contributed by atoms with Crippen molar-refractivity contribution in [3.05, 3.63) is 59.3 Å². The number of aromatic nitrogens is 1. The van der Waals surface area contributed by atoms with Gasteiger partial charge in [-0.25, -0.2) is 9.98 Å². The third-order valence-corrected chi connectivity index (χ3v) is 9.15. The zero-order valence-electron chi connectivity index (χ0n) is 22.8. The highest BCUT2D eigenvalue weighted by Gasteiger charge is 2.36. The van der Waals surface area contributed by atoms with Crippen molar-refractivity contribution < 1.29 is 4.52 Å². The number of benzene rings is 1. The van der Waals surface area contributed by atoms with Crippen LogP contribution >= 0.6 is 8.30 Å². The van der Waals surface area contributed by atoms with Crippen molar-refractivity contribution in [1.82, 2.24) is 19.7 Å². The summed E-state index contributed by atoms with van der Waals surface area (Å²) in [5.74, 6) is 2.78. The van der Waals surface area contributed by atoms with Crippen LogP contribution in [0.5, 0.6) is 0 Å². The van der Waals surface area contributed by atoms with Crippen molar-refractivity contribution in [2.45, 2.75) is 18.9 Å². The number of guanidine groups is 1. The molecule has 5 rings (SSSR count). The van der Waals surface area contributed by atoms with Gasteiger partial charge in [-0.3, -0.25) is 9.89 Å². The van der Waals surface area contributed by atoms with E-state index in [0.29, 0.717) is 11.6 Å². The van der Waals surface area contributed by atoms with Gasteiger partial charge in [0.25, 0.3) is 0 Å². The van der Waals surface area contributed by atoms with Gasteiger partial charge >= 0.3 is 0 Å². The Kier molecular flexibility index (Phi) is 7.75. The van der Waals surface area contributed by atoms with Crippen LogP contribution in [-0.4, -0.2) is 98.6 Å². The Bertz CT molecular complexity index is 1290. The molecule has 0 spiro atoms. The molecule has 9 nitrogen and oxygen atoms in total. The minimum absolute atomic E-state index is 0.594. The molecule has 3 aliphatic heterocycles. The Morgan fingerprint density at radius 2 is 1.74 bits per heavy atom. The quantitative estimate of drug-likeness (QED) is 0.523. The molecular formula is C28H35N8OP. The number of aliphatic imine (C=N–C) groups is 2. The largest absolute Gasteiger partial charge is 0.342 e. The normalized spacial score (nSPS) is 18.8. The molecule has 38 heavy (non-hydrogen) atoms. The van der Waals surface area contributed by atoms with E-state index < -0.39 is 8.30 Å². The topological polar surface area (TPSA) is 83.6 Å². The van der Waals surface area contributed by atoms with Crippen molar-refractivity contribution in [2.24, 2.45) is 9.98 Å². The number of hydrogen-bond acceptors (Lipinski definition) is 9. The number of anilines is 1. The van der Waals surface area contributed by atoms with E-state index in [1.165, 1.54) is 0 Å². The average Bonchev–Trinajstić information content (AvgIpc) is 3.45. The molecule has 0 amide bonds. The maximum Gasteiger partial charge on any atom is 0.207 e. The highest BCUT2D eigenvalue weighted by molar-refractivity contribution is 7.53. The second kappa shape index (κ2) is 11.2. The second-order valence-corrected chi connectivity index (χ2v) is 11.8. The summed E-state index contributed by atoms with van der Waals surface area (Å²) in [6.45, 7) is 5.52. The molecule has 3 aliphatic rings. The predicted octanol–water partition coefficient (Wildman–Crippen LogP) is 3.96. The Morgan fingerprint density at radius 3 is 2.34 bits per heavy atom. The summed E-state index contributed by atoms with van der Waals surface area (Å²) in [4.78, 5) is 22.1. The number of nitriles is 1. The van der Waals surface area contributed by atoms with E-state index in [-0.39, 0.29) is 0 Å². The van der Waals surface area contributed by atoms with Gasteiger partial charge in [-0.15, -0.1) is 0 Å². The Morgan fingerprint density at radius 1 is 1.03 bits per heavy atom. The summed E-state index contributed by atoms with van der Waals surface area (Å²) in [6, 6.07) is 14.6. The van der Waals surface area contributed by atoms with Gasteiger partial charge in [0.05, 0.1) is 29.4 Å². The van der Waals surface area contributed by atoms with Crippen LogP contribution in [0.1, 0.15) is 29.5 Å². The van der Waals surface area contributed by atoms with Crippen molar-refractivity contribution in [2.75, 3.05) is 65.8 Å². The second-order valence-electron chi connectivity index (χ2n) is 9.94. The molecule has 1 saturated heterocycles. The summed E-state index contributed by atoms with van der Waals surface area (Å²) < 4.78 is 7.58. The third-order valence-electron chi connectivity index (χ3n) is 7.57. The molecule has 1 unspecified atom stereocenters. The number of fused-ring (bicyclic) bond motifs is 1. The van der Waals surface area contributed by atoms with Crippen LogP contribution in [0.25, 0.3) is 11.3 Å². The van der Waals surface area contributed by atoms with Gasteiger partial charge < -0.3 is 19.0 Å². The molecular weight excluding hydrogens is 495 g/mol.